The van der Waals surface area contributed by atoms with Gasteiger partial charge in [-0.05, 0) is 19.4 Å². The van der Waals surface area contributed by atoms with Crippen molar-refractivity contribution in [2.45, 2.75) is 19.4 Å². The summed E-state index contributed by atoms with van der Waals surface area (Å²) >= 11 is 0. The molecule has 0 aromatic heterocycles. The molecule has 2 heterocycles. The van der Waals surface area contributed by atoms with Gasteiger partial charge in [0.1, 0.15) is 0 Å². The van der Waals surface area contributed by atoms with Gasteiger partial charge in [0.15, 0.2) is 9.84 Å². The molecule has 0 aliphatic carbocycles. The van der Waals surface area contributed by atoms with Crippen LogP contribution in [0.4, 0.5) is 0 Å². The molecule has 0 bridgehead atoms. The van der Waals surface area contributed by atoms with Crippen molar-refractivity contribution in [2.75, 3.05) is 25.1 Å². The molecule has 2 aliphatic rings. The summed E-state index contributed by atoms with van der Waals surface area (Å²) in [6.45, 7) is 2.89. The standard InChI is InChI=1S/C9H16N2O2S/c1-8-3-5-11(10(8)2)9-4-6-14(12,13)7-9/h3,9H,4-7H2,1-2H3. The highest BCUT2D eigenvalue weighted by Gasteiger charge is 2.35. The first-order valence-electron chi connectivity index (χ1n) is 4.87. The normalized spacial score (nSPS) is 32.3. The van der Waals surface area contributed by atoms with E-state index in [1.165, 1.54) is 5.70 Å². The minimum Gasteiger partial charge on any atom is -0.313 e. The molecule has 2 rings (SSSR count). The van der Waals surface area contributed by atoms with Crippen LogP contribution in [0.25, 0.3) is 0 Å². The van der Waals surface area contributed by atoms with E-state index in [-0.39, 0.29) is 6.04 Å². The summed E-state index contributed by atoms with van der Waals surface area (Å²) in [5.74, 6) is 0.666. The Morgan fingerprint density at radius 1 is 1.50 bits per heavy atom. The molecule has 1 fully saturated rings. The number of allylic oxidation sites excluding steroid dienone is 1. The number of hydrogen-bond donors (Lipinski definition) is 0. The lowest BCUT2D eigenvalue weighted by atomic mass is 10.2. The Bertz CT molecular complexity index is 361. The van der Waals surface area contributed by atoms with Crippen LogP contribution in [-0.4, -0.2) is 49.6 Å². The van der Waals surface area contributed by atoms with Crippen LogP contribution in [0, 0.1) is 0 Å². The maximum absolute atomic E-state index is 11.3. The van der Waals surface area contributed by atoms with E-state index in [1.807, 2.05) is 14.0 Å². The van der Waals surface area contributed by atoms with Gasteiger partial charge in [-0.2, -0.15) is 0 Å². The molecule has 0 amide bonds. The fourth-order valence-electron chi connectivity index (χ4n) is 2.09. The smallest absolute Gasteiger partial charge is 0.151 e. The molecule has 0 aromatic rings. The Labute approximate surface area is 85.1 Å². The fraction of sp³-hybridized carbons (Fsp3) is 0.778. The van der Waals surface area contributed by atoms with Crippen molar-refractivity contribution >= 4 is 9.84 Å². The predicted molar refractivity (Wildman–Crippen MR) is 55.3 cm³/mol. The lowest BCUT2D eigenvalue weighted by Gasteiger charge is -2.32. The number of sulfone groups is 1. The van der Waals surface area contributed by atoms with Crippen LogP contribution in [-0.2, 0) is 9.84 Å². The van der Waals surface area contributed by atoms with Gasteiger partial charge in [0.25, 0.3) is 0 Å². The zero-order valence-corrected chi connectivity index (χ0v) is 9.42. The molecule has 5 heteroatoms. The molecule has 0 radical (unpaired) electrons. The van der Waals surface area contributed by atoms with Crippen LogP contribution >= 0.6 is 0 Å². The second kappa shape index (κ2) is 3.24. The van der Waals surface area contributed by atoms with E-state index in [4.69, 9.17) is 0 Å². The van der Waals surface area contributed by atoms with Gasteiger partial charge in [-0.15, -0.1) is 0 Å². The second-order valence-electron chi connectivity index (χ2n) is 4.05. The third-order valence-corrected chi connectivity index (χ3v) is 4.85. The molecular formula is C9H16N2O2S. The highest BCUT2D eigenvalue weighted by Crippen LogP contribution is 2.23. The molecule has 80 valence electrons. The van der Waals surface area contributed by atoms with Crippen LogP contribution in [0.5, 0.6) is 0 Å². The van der Waals surface area contributed by atoms with Crippen LogP contribution in [0.1, 0.15) is 13.3 Å². The van der Waals surface area contributed by atoms with E-state index in [1.54, 1.807) is 0 Å². The number of hydrazine groups is 1. The third kappa shape index (κ3) is 1.66. The highest BCUT2D eigenvalue weighted by molar-refractivity contribution is 7.91. The number of nitrogens with zero attached hydrogens (tertiary/aromatic N) is 2. The fourth-order valence-corrected chi connectivity index (χ4v) is 3.81. The topological polar surface area (TPSA) is 40.6 Å². The van der Waals surface area contributed by atoms with Gasteiger partial charge < -0.3 is 5.01 Å². The van der Waals surface area contributed by atoms with Crippen molar-refractivity contribution < 1.29 is 8.42 Å². The average Bonchev–Trinajstić information content (AvgIpc) is 2.59. The molecule has 0 spiro atoms. The van der Waals surface area contributed by atoms with Crippen molar-refractivity contribution in [3.8, 4) is 0 Å². The van der Waals surface area contributed by atoms with E-state index in [2.05, 4.69) is 16.1 Å². The van der Waals surface area contributed by atoms with Crippen LogP contribution in [0.15, 0.2) is 11.8 Å². The van der Waals surface area contributed by atoms with Crippen molar-refractivity contribution in [1.29, 1.82) is 0 Å². The first kappa shape index (κ1) is 9.98. The molecule has 1 atom stereocenters. The van der Waals surface area contributed by atoms with Crippen LogP contribution in [0.3, 0.4) is 0 Å². The lowest BCUT2D eigenvalue weighted by Crippen LogP contribution is -2.42. The molecule has 14 heavy (non-hydrogen) atoms. The zero-order chi connectivity index (χ0) is 10.3. The third-order valence-electron chi connectivity index (χ3n) is 3.10. The summed E-state index contributed by atoms with van der Waals surface area (Å²) in [6.07, 6.45) is 2.90. The minimum atomic E-state index is -2.77. The first-order valence-corrected chi connectivity index (χ1v) is 6.69. The molecule has 1 saturated heterocycles. The average molecular weight is 216 g/mol. The Kier molecular flexibility index (Phi) is 2.31. The summed E-state index contributed by atoms with van der Waals surface area (Å²) < 4.78 is 22.6. The molecule has 1 unspecified atom stereocenters. The maximum atomic E-state index is 11.3. The van der Waals surface area contributed by atoms with Gasteiger partial charge >= 0.3 is 0 Å². The Morgan fingerprint density at radius 2 is 2.21 bits per heavy atom. The van der Waals surface area contributed by atoms with Crippen molar-refractivity contribution in [1.82, 2.24) is 10.0 Å². The Morgan fingerprint density at radius 3 is 2.64 bits per heavy atom. The SMILES string of the molecule is CC1=CCN(C2CCS(=O)(=O)C2)N1C. The van der Waals surface area contributed by atoms with Crippen LogP contribution < -0.4 is 0 Å². The van der Waals surface area contributed by atoms with E-state index in [0.717, 1.165) is 13.0 Å². The Balaban J connectivity index is 2.06. The van der Waals surface area contributed by atoms with Crippen molar-refractivity contribution in [3.05, 3.63) is 11.8 Å². The Hall–Kier alpha value is -0.550. The summed E-state index contributed by atoms with van der Waals surface area (Å²) in [6, 6.07) is 0.179. The quantitative estimate of drug-likeness (QED) is 0.629. The van der Waals surface area contributed by atoms with Gasteiger partial charge in [-0.25, -0.2) is 13.4 Å². The number of rotatable bonds is 1. The van der Waals surface area contributed by atoms with Crippen molar-refractivity contribution in [2.24, 2.45) is 0 Å². The van der Waals surface area contributed by atoms with E-state index in [0.29, 0.717) is 11.5 Å². The summed E-state index contributed by atoms with van der Waals surface area (Å²) in [4.78, 5) is 0. The zero-order valence-electron chi connectivity index (χ0n) is 8.60. The summed E-state index contributed by atoms with van der Waals surface area (Å²) in [5.41, 5.74) is 1.20. The molecule has 2 aliphatic heterocycles. The first-order chi connectivity index (χ1) is 6.49. The number of hydrogen-bond acceptors (Lipinski definition) is 4. The summed E-state index contributed by atoms with van der Waals surface area (Å²) in [5, 5.41) is 4.20. The van der Waals surface area contributed by atoms with Gasteiger partial charge in [0.05, 0.1) is 11.5 Å². The molecule has 0 N–H and O–H groups in total. The lowest BCUT2D eigenvalue weighted by molar-refractivity contribution is 0.0301. The summed E-state index contributed by atoms with van der Waals surface area (Å²) in [7, 11) is -0.775. The molecule has 0 aromatic carbocycles. The van der Waals surface area contributed by atoms with E-state index < -0.39 is 9.84 Å². The largest absolute Gasteiger partial charge is 0.313 e. The molecule has 0 saturated carbocycles. The monoisotopic (exact) mass is 216 g/mol. The van der Waals surface area contributed by atoms with Gasteiger partial charge in [0.2, 0.25) is 0 Å². The van der Waals surface area contributed by atoms with Crippen molar-refractivity contribution in [3.63, 3.8) is 0 Å². The maximum Gasteiger partial charge on any atom is 0.151 e. The van der Waals surface area contributed by atoms with E-state index >= 15 is 0 Å². The van der Waals surface area contributed by atoms with Gasteiger partial charge in [-0.3, -0.25) is 0 Å². The van der Waals surface area contributed by atoms with Crippen LogP contribution in [0.2, 0.25) is 0 Å². The highest BCUT2D eigenvalue weighted by atomic mass is 32.2. The van der Waals surface area contributed by atoms with E-state index in [9.17, 15) is 8.42 Å². The van der Waals surface area contributed by atoms with Gasteiger partial charge in [0, 0.05) is 25.3 Å². The second-order valence-corrected chi connectivity index (χ2v) is 6.28. The van der Waals surface area contributed by atoms with Gasteiger partial charge in [-0.1, -0.05) is 0 Å². The predicted octanol–water partition coefficient (Wildman–Crippen LogP) is 0.240. The molecular weight excluding hydrogens is 200 g/mol. The minimum absolute atomic E-state index is 0.179. The molecule has 4 nitrogen and oxygen atoms in total.